The highest BCUT2D eigenvalue weighted by Crippen LogP contribution is 2.39. The van der Waals surface area contributed by atoms with Crippen molar-refractivity contribution < 1.29 is 50.1 Å². The van der Waals surface area contributed by atoms with E-state index in [1.807, 2.05) is 0 Å². The van der Waals surface area contributed by atoms with Crippen LogP contribution in [-0.4, -0.2) is 49.7 Å². The first kappa shape index (κ1) is 23.3. The Bertz CT molecular complexity index is 520. The lowest BCUT2D eigenvalue weighted by Gasteiger charge is -2.28. The van der Waals surface area contributed by atoms with Crippen molar-refractivity contribution in [1.29, 1.82) is 0 Å². The van der Waals surface area contributed by atoms with Crippen LogP contribution in [0.25, 0.3) is 0 Å². The Morgan fingerprint density at radius 2 is 1.44 bits per heavy atom. The Labute approximate surface area is 151 Å². The van der Waals surface area contributed by atoms with Crippen LogP contribution in [0.4, 0.5) is 26.3 Å². The molecule has 0 unspecified atom stereocenters. The van der Waals surface area contributed by atoms with Crippen molar-refractivity contribution in [2.75, 3.05) is 13.2 Å². The molecule has 1 aliphatic rings. The minimum Gasteiger partial charge on any atom is -0.463 e. The second-order valence-electron chi connectivity index (χ2n) is 6.14. The molecule has 5 nitrogen and oxygen atoms in total. The Balaban J connectivity index is 2.32. The first-order valence-electron chi connectivity index (χ1n) is 8.10. The highest BCUT2D eigenvalue weighted by Gasteiger charge is 2.62. The van der Waals surface area contributed by atoms with Gasteiger partial charge in [-0.3, -0.25) is 4.79 Å². The van der Waals surface area contributed by atoms with Crippen LogP contribution >= 0.6 is 0 Å². The van der Waals surface area contributed by atoms with Crippen LogP contribution in [0.5, 0.6) is 0 Å². The van der Waals surface area contributed by atoms with Gasteiger partial charge in [0.1, 0.15) is 12.7 Å². The molecule has 1 rings (SSSR count). The summed E-state index contributed by atoms with van der Waals surface area (Å²) in [5.41, 5.74) is 0.270. The lowest BCUT2D eigenvalue weighted by Crippen LogP contribution is -2.43. The summed E-state index contributed by atoms with van der Waals surface area (Å²) in [4.78, 5) is 22.5. The number of halogens is 6. The summed E-state index contributed by atoms with van der Waals surface area (Å²) in [5.74, 6) is -7.09. The van der Waals surface area contributed by atoms with Gasteiger partial charge in [0.25, 0.3) is 0 Å². The van der Waals surface area contributed by atoms with Crippen molar-refractivity contribution in [2.24, 2.45) is 5.92 Å². The topological polar surface area (TPSA) is 61.8 Å². The van der Waals surface area contributed by atoms with E-state index in [1.54, 1.807) is 0 Å². The number of alkyl halides is 6. The number of carbonyl (C=O) groups is 2. The van der Waals surface area contributed by atoms with Gasteiger partial charge < -0.3 is 14.2 Å². The monoisotopic (exact) mass is 406 g/mol. The third-order valence-corrected chi connectivity index (χ3v) is 3.81. The van der Waals surface area contributed by atoms with Crippen LogP contribution in [0, 0.1) is 5.92 Å². The van der Waals surface area contributed by atoms with E-state index >= 15 is 0 Å². The molecule has 1 fully saturated rings. The van der Waals surface area contributed by atoms with Gasteiger partial charge in [-0.25, -0.2) is 4.79 Å². The molecular weight excluding hydrogens is 386 g/mol. The van der Waals surface area contributed by atoms with Crippen LogP contribution in [-0.2, 0) is 23.8 Å². The molecule has 0 aromatic rings. The molecule has 0 spiro atoms. The number of ether oxygens (including phenoxy) is 3. The fraction of sp³-hybridized carbons (Fsp3) is 0.750. The van der Waals surface area contributed by atoms with Crippen molar-refractivity contribution in [3.63, 3.8) is 0 Å². The molecule has 1 saturated carbocycles. The predicted octanol–water partition coefficient (Wildman–Crippen LogP) is 3.72. The summed E-state index contributed by atoms with van der Waals surface area (Å²) in [5, 5.41) is 0. The third-order valence-electron chi connectivity index (χ3n) is 3.81. The van der Waals surface area contributed by atoms with Crippen LogP contribution in [0.3, 0.4) is 0 Å². The Kier molecular flexibility index (Phi) is 8.12. The lowest BCUT2D eigenvalue weighted by atomic mass is 9.95. The van der Waals surface area contributed by atoms with Crippen molar-refractivity contribution >= 4 is 11.9 Å². The van der Waals surface area contributed by atoms with E-state index in [9.17, 15) is 35.9 Å². The largest absolute Gasteiger partial charge is 0.463 e. The zero-order valence-corrected chi connectivity index (χ0v) is 14.5. The molecule has 11 heteroatoms. The smallest absolute Gasteiger partial charge is 0.411 e. The first-order chi connectivity index (χ1) is 12.3. The molecule has 0 N–H and O–H groups in total. The molecule has 0 saturated heterocycles. The van der Waals surface area contributed by atoms with Crippen LogP contribution in [0.15, 0.2) is 12.2 Å². The van der Waals surface area contributed by atoms with Gasteiger partial charge in [-0.2, -0.15) is 26.3 Å². The van der Waals surface area contributed by atoms with Crippen molar-refractivity contribution in [3.8, 4) is 0 Å². The molecule has 27 heavy (non-hydrogen) atoms. The first-order valence-corrected chi connectivity index (χ1v) is 8.10. The fourth-order valence-corrected chi connectivity index (χ4v) is 2.46. The zero-order chi connectivity index (χ0) is 20.8. The van der Waals surface area contributed by atoms with Gasteiger partial charge in [0, 0.05) is 5.57 Å². The van der Waals surface area contributed by atoms with Gasteiger partial charge in [-0.1, -0.05) is 6.58 Å². The Hall–Kier alpha value is -1.78. The maximum absolute atomic E-state index is 12.4. The predicted molar refractivity (Wildman–Crippen MR) is 79.5 cm³/mol. The summed E-state index contributed by atoms with van der Waals surface area (Å²) in [6, 6.07) is 0. The van der Waals surface area contributed by atoms with Crippen LogP contribution in [0.1, 0.15) is 32.6 Å². The number of carbonyl (C=O) groups excluding carboxylic acids is 2. The number of hydrogen-bond donors (Lipinski definition) is 0. The van der Waals surface area contributed by atoms with Crippen LogP contribution < -0.4 is 0 Å². The minimum atomic E-state index is -5.78. The quantitative estimate of drug-likeness (QED) is 0.279. The molecule has 0 aliphatic heterocycles. The van der Waals surface area contributed by atoms with E-state index in [1.165, 1.54) is 6.92 Å². The van der Waals surface area contributed by atoms with Gasteiger partial charge in [-0.05, 0) is 32.6 Å². The number of esters is 2. The fourth-order valence-electron chi connectivity index (χ4n) is 2.46. The van der Waals surface area contributed by atoms with E-state index < -0.39 is 36.8 Å². The van der Waals surface area contributed by atoms with Crippen molar-refractivity contribution in [3.05, 3.63) is 12.2 Å². The average molecular weight is 406 g/mol. The minimum absolute atomic E-state index is 0.270. The average Bonchev–Trinajstić information content (AvgIpc) is 2.50. The van der Waals surface area contributed by atoms with Gasteiger partial charge >= 0.3 is 24.3 Å². The maximum Gasteiger partial charge on any atom is 0.411 e. The van der Waals surface area contributed by atoms with Crippen LogP contribution in [0.2, 0.25) is 0 Å². The molecule has 0 amide bonds. The molecular formula is C16H20F6O5. The van der Waals surface area contributed by atoms with E-state index in [-0.39, 0.29) is 24.4 Å². The van der Waals surface area contributed by atoms with Crippen molar-refractivity contribution in [1.82, 2.24) is 0 Å². The summed E-state index contributed by atoms with van der Waals surface area (Å²) in [6.07, 6.45) is -10.2. The molecule has 0 radical (unpaired) electrons. The SMILES string of the molecule is C=C(C)C(=O)OC1CCC(OCCOC(=O)C(C(F)(F)F)C(F)(F)F)CC1. The highest BCUT2D eigenvalue weighted by atomic mass is 19.4. The normalized spacial score (nSPS) is 21.0. The maximum atomic E-state index is 12.4. The summed E-state index contributed by atoms with van der Waals surface area (Å²) in [7, 11) is 0. The van der Waals surface area contributed by atoms with Gasteiger partial charge in [0.15, 0.2) is 0 Å². The molecule has 0 aromatic heterocycles. The Morgan fingerprint density at radius 1 is 0.963 bits per heavy atom. The van der Waals surface area contributed by atoms with Gasteiger partial charge in [0.2, 0.25) is 5.92 Å². The number of rotatable bonds is 7. The van der Waals surface area contributed by atoms with E-state index in [0.29, 0.717) is 25.7 Å². The summed E-state index contributed by atoms with van der Waals surface area (Å²) < 4.78 is 88.6. The summed E-state index contributed by atoms with van der Waals surface area (Å²) in [6.45, 7) is 3.91. The molecule has 156 valence electrons. The Morgan fingerprint density at radius 3 is 1.89 bits per heavy atom. The molecule has 0 bridgehead atoms. The summed E-state index contributed by atoms with van der Waals surface area (Å²) >= 11 is 0. The second-order valence-corrected chi connectivity index (χ2v) is 6.14. The van der Waals surface area contributed by atoms with Gasteiger partial charge in [-0.15, -0.1) is 0 Å². The van der Waals surface area contributed by atoms with Crippen molar-refractivity contribution in [2.45, 2.75) is 57.2 Å². The van der Waals surface area contributed by atoms with Gasteiger partial charge in [0.05, 0.1) is 12.7 Å². The molecule has 0 aromatic carbocycles. The van der Waals surface area contributed by atoms with E-state index in [4.69, 9.17) is 9.47 Å². The standard InChI is InChI=1S/C16H20F6O5/c1-9(2)13(23)27-11-5-3-10(4-6-11)25-7-8-26-14(24)12(15(17,18)19)16(20,21)22/h10-12H,1,3-8H2,2H3. The molecule has 1 aliphatic carbocycles. The zero-order valence-electron chi connectivity index (χ0n) is 14.5. The molecule has 0 heterocycles. The highest BCUT2D eigenvalue weighted by molar-refractivity contribution is 5.87. The number of hydrogen-bond acceptors (Lipinski definition) is 5. The molecule has 0 atom stereocenters. The van der Waals surface area contributed by atoms with E-state index in [2.05, 4.69) is 11.3 Å². The van der Waals surface area contributed by atoms with E-state index in [0.717, 1.165) is 0 Å². The third kappa shape index (κ3) is 7.77. The lowest BCUT2D eigenvalue weighted by molar-refractivity contribution is -0.282. The second kappa shape index (κ2) is 9.43.